The summed E-state index contributed by atoms with van der Waals surface area (Å²) < 4.78 is 14.6. The summed E-state index contributed by atoms with van der Waals surface area (Å²) in [5.74, 6) is 3.41. The number of hydrogen-bond acceptors (Lipinski definition) is 9. The number of rotatable bonds is 8. The fraction of sp³-hybridized carbons (Fsp3) is 0.0174. The first-order chi connectivity index (χ1) is 61.5. The van der Waals surface area contributed by atoms with Crippen molar-refractivity contribution in [3.8, 4) is 135 Å². The van der Waals surface area contributed by atoms with E-state index in [4.69, 9.17) is 34.4 Å². The predicted molar refractivity (Wildman–Crippen MR) is 501 cm³/mol. The lowest BCUT2D eigenvalue weighted by Crippen LogP contribution is -2.32. The average molecular weight is 1580 g/mol. The summed E-state index contributed by atoms with van der Waals surface area (Å²) in [6.45, 7) is 0. The van der Waals surface area contributed by atoms with Crippen molar-refractivity contribution in [1.29, 1.82) is 0 Å². The zero-order chi connectivity index (χ0) is 81.6. The maximum Gasteiger partial charge on any atom is 0.140 e. The Morgan fingerprint density at radius 3 is 1.02 bits per heavy atom. The number of aromatic nitrogens is 7. The SMILES string of the molecule is c1ccc(-c2ccc3ccc4ccc(-c5ccc6c(c5)C5(c7ccccc7-c7ccccc75)c5ccc7c(-c8ccccc8)nc8ccccc8c7c5O6)nc4c3n2)cc1.c1ccc(-c2nc3ccccc3c3c4c(ccc23)C2(c3cc(-c5ccc(-c6cc(-c7ccccn7)nc(-c7ccccn7)c6)cc5)ccc3O4)c3ccccc3-c3ccccc32)cc1. The van der Waals surface area contributed by atoms with Crippen LogP contribution in [0, 0.1) is 0 Å². The van der Waals surface area contributed by atoms with E-state index >= 15 is 0 Å². The first-order valence-corrected chi connectivity index (χ1v) is 42.0. The minimum absolute atomic E-state index is 0.654. The fourth-order valence-corrected chi connectivity index (χ4v) is 20.3. The highest BCUT2D eigenvalue weighted by molar-refractivity contribution is 6.17. The zero-order valence-corrected chi connectivity index (χ0v) is 66.8. The number of pyridine rings is 7. The van der Waals surface area contributed by atoms with E-state index < -0.39 is 10.8 Å². The quantitative estimate of drug-likeness (QED) is 0.137. The predicted octanol–water partition coefficient (Wildman–Crippen LogP) is 28.3. The van der Waals surface area contributed by atoms with Gasteiger partial charge in [-0.15, -0.1) is 0 Å². The summed E-state index contributed by atoms with van der Waals surface area (Å²) in [6.07, 6.45) is 3.61. The molecule has 0 radical (unpaired) electrons. The topological polar surface area (TPSA) is 109 Å². The van der Waals surface area contributed by atoms with Crippen LogP contribution in [0.1, 0.15) is 44.5 Å². The van der Waals surface area contributed by atoms with Crippen molar-refractivity contribution < 1.29 is 9.47 Å². The molecule has 9 heterocycles. The van der Waals surface area contributed by atoms with Gasteiger partial charge in [0.15, 0.2) is 0 Å². The molecule has 0 saturated carbocycles. The summed E-state index contributed by atoms with van der Waals surface area (Å²) >= 11 is 0. The van der Waals surface area contributed by atoms with Crippen LogP contribution in [-0.4, -0.2) is 34.9 Å². The molecule has 0 unspecified atom stereocenters. The molecule has 0 atom stereocenters. The second kappa shape index (κ2) is 28.1. The van der Waals surface area contributed by atoms with Crippen molar-refractivity contribution in [3.05, 3.63) is 463 Å². The lowest BCUT2D eigenvalue weighted by Gasteiger charge is -2.40. The molecule has 7 aromatic heterocycles. The van der Waals surface area contributed by atoms with Crippen LogP contribution in [0.25, 0.3) is 177 Å². The summed E-state index contributed by atoms with van der Waals surface area (Å²) in [5.41, 5.74) is 32.2. The highest BCUT2D eigenvalue weighted by atomic mass is 16.5. The van der Waals surface area contributed by atoms with E-state index in [2.05, 4.69) is 374 Å². The van der Waals surface area contributed by atoms with Gasteiger partial charge >= 0.3 is 0 Å². The molecule has 0 fully saturated rings. The van der Waals surface area contributed by atoms with Gasteiger partial charge in [-0.2, -0.15) is 0 Å². The molecule has 2 aliphatic carbocycles. The number of benzene rings is 15. The standard InChI is InChI=1S/C59H36N4O.C56H33N3O/c1-2-14-39(15-3-1)57-45-29-30-48-58(56(45)44-18-6-9-21-50(44)63-57)64-55-31-28-40(34-49(55)59(48)46-19-7-4-16-42(46)43-17-5-8-20-47(43)59)37-24-26-38(27-25-37)41-35-53(51-22-10-12-32-60-51)62-54(36-41)52-23-11-13-33-61-52;1-3-13-34(14-4-1)47-30-25-36-23-24-37-26-31-48(58-54(37)53(36)57-47)38-27-32-50-46(33-38)56(43-20-10-7-17-39(43)40-18-8-11-21-44(40)56)45-29-28-42-51(55(45)60-50)41-19-9-12-22-49(41)59-52(42)35-15-5-2-6-16-35/h1-36H;1-33H. The Labute approximate surface area is 714 Å². The zero-order valence-electron chi connectivity index (χ0n) is 66.8. The molecule has 22 aromatic rings. The molecule has 2 spiro atoms. The van der Waals surface area contributed by atoms with Gasteiger partial charge in [0.1, 0.15) is 23.0 Å². The van der Waals surface area contributed by atoms with Crippen molar-refractivity contribution in [2.45, 2.75) is 10.8 Å². The van der Waals surface area contributed by atoms with Gasteiger partial charge < -0.3 is 9.47 Å². The third-order valence-electron chi connectivity index (χ3n) is 25.8. The van der Waals surface area contributed by atoms with Gasteiger partial charge in [-0.25, -0.2) is 24.9 Å². The van der Waals surface area contributed by atoms with E-state index in [9.17, 15) is 0 Å². The van der Waals surface area contributed by atoms with E-state index in [1.807, 2.05) is 42.5 Å². The smallest absolute Gasteiger partial charge is 0.140 e. The van der Waals surface area contributed by atoms with Gasteiger partial charge in [-0.1, -0.05) is 315 Å². The molecule has 15 aromatic carbocycles. The number of hydrogen-bond donors (Lipinski definition) is 0. The van der Waals surface area contributed by atoms with E-state index in [0.29, 0.717) is 0 Å². The molecule has 9 nitrogen and oxygen atoms in total. The van der Waals surface area contributed by atoms with Crippen LogP contribution >= 0.6 is 0 Å². The van der Waals surface area contributed by atoms with E-state index in [-0.39, 0.29) is 0 Å². The van der Waals surface area contributed by atoms with Gasteiger partial charge in [0.25, 0.3) is 0 Å². The number of fused-ring (bicyclic) bond motifs is 29. The van der Waals surface area contributed by atoms with Crippen molar-refractivity contribution >= 4 is 65.2 Å². The van der Waals surface area contributed by atoms with Crippen LogP contribution in [0.4, 0.5) is 0 Å². The molecular formula is C115H69N7O2. The molecule has 9 heteroatoms. The van der Waals surface area contributed by atoms with Crippen LogP contribution in [0.2, 0.25) is 0 Å². The summed E-state index contributed by atoms with van der Waals surface area (Å²) in [4.78, 5) is 35.4. The normalized spacial score (nSPS) is 13.1. The van der Waals surface area contributed by atoms with Gasteiger partial charge in [-0.05, 0) is 158 Å². The number of nitrogens with zero attached hydrogens (tertiary/aromatic N) is 7. The third kappa shape index (κ3) is 10.8. The summed E-state index contributed by atoms with van der Waals surface area (Å²) in [5, 5.41) is 8.51. The second-order valence-corrected chi connectivity index (χ2v) is 32.3. The lowest BCUT2D eigenvalue weighted by atomic mass is 9.65. The Bertz CT molecular complexity index is 8020. The average Bonchev–Trinajstić information content (AvgIpc) is 1.46. The maximum absolute atomic E-state index is 7.33. The van der Waals surface area contributed by atoms with Crippen LogP contribution < -0.4 is 9.47 Å². The van der Waals surface area contributed by atoms with E-state index in [1.165, 1.54) is 44.5 Å². The molecular weight excluding hydrogens is 1510 g/mol. The Balaban J connectivity index is 0.000000136. The summed E-state index contributed by atoms with van der Waals surface area (Å²) in [6, 6.07) is 144. The van der Waals surface area contributed by atoms with Crippen LogP contribution in [-0.2, 0) is 10.8 Å². The van der Waals surface area contributed by atoms with Gasteiger partial charge in [-0.3, -0.25) is 9.97 Å². The maximum atomic E-state index is 7.33. The van der Waals surface area contributed by atoms with Gasteiger partial charge in [0, 0.05) is 100.0 Å². The highest BCUT2D eigenvalue weighted by Crippen LogP contribution is 2.66. The molecule has 0 N–H and O–H groups in total. The van der Waals surface area contributed by atoms with Gasteiger partial charge in [0.2, 0.25) is 0 Å². The van der Waals surface area contributed by atoms with Crippen molar-refractivity contribution in [2.24, 2.45) is 0 Å². The molecule has 0 amide bonds. The third-order valence-corrected chi connectivity index (χ3v) is 25.8. The first-order valence-electron chi connectivity index (χ1n) is 42.0. The van der Waals surface area contributed by atoms with Crippen molar-refractivity contribution in [2.75, 3.05) is 0 Å². The molecule has 4 aliphatic rings. The minimum atomic E-state index is -0.673. The van der Waals surface area contributed by atoms with Crippen LogP contribution in [0.5, 0.6) is 23.0 Å². The number of para-hydroxylation sites is 2. The monoisotopic (exact) mass is 1580 g/mol. The van der Waals surface area contributed by atoms with Crippen molar-refractivity contribution in [1.82, 2.24) is 34.9 Å². The molecule has 0 saturated heterocycles. The van der Waals surface area contributed by atoms with Crippen LogP contribution in [0.15, 0.2) is 419 Å². The molecule has 2 aliphatic heterocycles. The Morgan fingerprint density at radius 2 is 0.573 bits per heavy atom. The largest absolute Gasteiger partial charge is 0.456 e. The van der Waals surface area contributed by atoms with Crippen LogP contribution in [0.3, 0.4) is 0 Å². The lowest BCUT2D eigenvalue weighted by molar-refractivity contribution is 0.442. The van der Waals surface area contributed by atoms with E-state index in [1.54, 1.807) is 12.4 Å². The molecule has 0 bridgehead atoms. The Hall–Kier alpha value is -16.5. The summed E-state index contributed by atoms with van der Waals surface area (Å²) in [7, 11) is 0. The molecule has 26 rings (SSSR count). The minimum Gasteiger partial charge on any atom is -0.456 e. The Kier molecular flexibility index (Phi) is 16.0. The van der Waals surface area contributed by atoms with Gasteiger partial charge in [0.05, 0.1) is 78.4 Å². The number of ether oxygens (including phenoxy) is 2. The molecule has 576 valence electrons. The van der Waals surface area contributed by atoms with Crippen molar-refractivity contribution in [3.63, 3.8) is 0 Å². The second-order valence-electron chi connectivity index (χ2n) is 32.3. The fourth-order valence-electron chi connectivity index (χ4n) is 20.3. The van der Waals surface area contributed by atoms with E-state index in [0.717, 1.165) is 200 Å². The molecule has 124 heavy (non-hydrogen) atoms. The Morgan fingerprint density at radius 1 is 0.202 bits per heavy atom. The first kappa shape index (κ1) is 70.5. The highest BCUT2D eigenvalue weighted by Gasteiger charge is 2.54.